The number of carbonyl (C=O) groups is 2. The van der Waals surface area contributed by atoms with E-state index in [1.807, 2.05) is 0 Å². The van der Waals surface area contributed by atoms with Crippen LogP contribution in [0.2, 0.25) is 0 Å². The zero-order valence-corrected chi connectivity index (χ0v) is 13.3. The van der Waals surface area contributed by atoms with Gasteiger partial charge in [0.15, 0.2) is 5.54 Å². The zero-order valence-electron chi connectivity index (χ0n) is 12.5. The highest BCUT2D eigenvalue weighted by Gasteiger charge is 2.61. The molecule has 0 aromatic carbocycles. The highest BCUT2D eigenvalue weighted by Crippen LogP contribution is 2.43. The number of rotatable bonds is 3. The molecule has 1 aliphatic rings. The summed E-state index contributed by atoms with van der Waals surface area (Å²) in [6, 6.07) is 0. The monoisotopic (exact) mass is 327 g/mol. The highest BCUT2D eigenvalue weighted by molar-refractivity contribution is 6.18. The Morgan fingerprint density at radius 3 is 2.33 bits per heavy atom. The van der Waals surface area contributed by atoms with Gasteiger partial charge in [-0.05, 0) is 27.2 Å². The summed E-state index contributed by atoms with van der Waals surface area (Å²) < 4.78 is 37.3. The summed E-state index contributed by atoms with van der Waals surface area (Å²) in [6.07, 6.45) is -1.93. The first-order valence-electron chi connectivity index (χ1n) is 6.50. The van der Waals surface area contributed by atoms with Crippen LogP contribution < -0.4 is 0 Å². The van der Waals surface area contributed by atoms with Crippen LogP contribution in [0.4, 0.5) is 13.6 Å². The standard InChI is InChI=1S/C13H20ClF2NO4/c1-11(2,3)21-10(19)17-8-13(15,16)7-12(17,5-6-14)9(18)20-4/h5-8H2,1-4H3. The maximum absolute atomic E-state index is 13.8. The second-order valence-electron chi connectivity index (χ2n) is 6.06. The first-order valence-corrected chi connectivity index (χ1v) is 7.04. The number of alkyl halides is 3. The lowest BCUT2D eigenvalue weighted by molar-refractivity contribution is -0.153. The number of halogens is 3. The molecule has 0 aromatic heterocycles. The maximum atomic E-state index is 13.8. The Morgan fingerprint density at radius 1 is 1.33 bits per heavy atom. The van der Waals surface area contributed by atoms with Gasteiger partial charge in [0.05, 0.1) is 13.7 Å². The van der Waals surface area contributed by atoms with E-state index in [0.717, 1.165) is 12.0 Å². The van der Waals surface area contributed by atoms with E-state index in [2.05, 4.69) is 4.74 Å². The van der Waals surface area contributed by atoms with Crippen molar-refractivity contribution in [2.24, 2.45) is 0 Å². The van der Waals surface area contributed by atoms with E-state index in [1.165, 1.54) is 0 Å². The van der Waals surface area contributed by atoms with Gasteiger partial charge in [0.2, 0.25) is 0 Å². The molecule has 1 unspecified atom stereocenters. The Kier molecular flexibility index (Phi) is 5.08. The number of methoxy groups -OCH3 is 1. The van der Waals surface area contributed by atoms with Gasteiger partial charge in [-0.3, -0.25) is 4.90 Å². The molecule has 0 radical (unpaired) electrons. The molecule has 0 aliphatic carbocycles. The number of hydrogen-bond donors (Lipinski definition) is 0. The summed E-state index contributed by atoms with van der Waals surface area (Å²) in [5.74, 6) is -4.17. The molecule has 1 amide bonds. The van der Waals surface area contributed by atoms with E-state index in [4.69, 9.17) is 16.3 Å². The fraction of sp³-hybridized carbons (Fsp3) is 0.846. The summed E-state index contributed by atoms with van der Waals surface area (Å²) in [6.45, 7) is 3.94. The van der Waals surface area contributed by atoms with Gasteiger partial charge >= 0.3 is 12.1 Å². The van der Waals surface area contributed by atoms with E-state index >= 15 is 0 Å². The van der Waals surface area contributed by atoms with E-state index in [-0.39, 0.29) is 12.3 Å². The van der Waals surface area contributed by atoms with Crippen LogP contribution in [0.25, 0.3) is 0 Å². The van der Waals surface area contributed by atoms with Crippen molar-refractivity contribution in [3.8, 4) is 0 Å². The molecule has 21 heavy (non-hydrogen) atoms. The minimum absolute atomic E-state index is 0.0650. The van der Waals surface area contributed by atoms with E-state index < -0.39 is 42.1 Å². The zero-order chi connectivity index (χ0) is 16.5. The average molecular weight is 328 g/mol. The van der Waals surface area contributed by atoms with Gasteiger partial charge in [0, 0.05) is 12.3 Å². The van der Waals surface area contributed by atoms with Crippen LogP contribution in [0, 0.1) is 0 Å². The summed E-state index contributed by atoms with van der Waals surface area (Å²) in [4.78, 5) is 25.0. The highest BCUT2D eigenvalue weighted by atomic mass is 35.5. The largest absolute Gasteiger partial charge is 0.467 e. The topological polar surface area (TPSA) is 55.8 Å². The van der Waals surface area contributed by atoms with Gasteiger partial charge in [-0.25, -0.2) is 18.4 Å². The third-order valence-electron chi connectivity index (χ3n) is 3.14. The number of carbonyl (C=O) groups excluding carboxylic acids is 2. The molecule has 0 bridgehead atoms. The van der Waals surface area contributed by atoms with Crippen LogP contribution in [0.5, 0.6) is 0 Å². The molecule has 122 valence electrons. The van der Waals surface area contributed by atoms with Crippen molar-refractivity contribution in [2.45, 2.75) is 50.7 Å². The molecule has 0 aromatic rings. The Hall–Kier alpha value is -1.11. The summed E-state index contributed by atoms with van der Waals surface area (Å²) >= 11 is 5.64. The van der Waals surface area contributed by atoms with Crippen molar-refractivity contribution in [1.29, 1.82) is 0 Å². The van der Waals surface area contributed by atoms with Crippen molar-refractivity contribution in [2.75, 3.05) is 19.5 Å². The quantitative estimate of drug-likeness (QED) is 0.591. The molecular weight excluding hydrogens is 308 g/mol. The lowest BCUT2D eigenvalue weighted by atomic mass is 9.92. The molecule has 8 heteroatoms. The van der Waals surface area contributed by atoms with Crippen LogP contribution in [-0.2, 0) is 14.3 Å². The summed E-state index contributed by atoms with van der Waals surface area (Å²) in [5.41, 5.74) is -2.65. The fourth-order valence-electron chi connectivity index (χ4n) is 2.37. The minimum Gasteiger partial charge on any atom is -0.467 e. The summed E-state index contributed by atoms with van der Waals surface area (Å²) in [5, 5.41) is 0. The molecule has 0 saturated carbocycles. The molecule has 1 saturated heterocycles. The van der Waals surface area contributed by atoms with Crippen LogP contribution >= 0.6 is 11.6 Å². The Labute approximate surface area is 127 Å². The smallest absolute Gasteiger partial charge is 0.411 e. The van der Waals surface area contributed by atoms with Gasteiger partial charge in [-0.1, -0.05) is 0 Å². The predicted molar refractivity (Wildman–Crippen MR) is 72.6 cm³/mol. The molecule has 1 rings (SSSR count). The molecule has 0 N–H and O–H groups in total. The molecule has 1 atom stereocenters. The van der Waals surface area contributed by atoms with E-state index in [0.29, 0.717) is 0 Å². The number of amides is 1. The molecule has 0 spiro atoms. The summed E-state index contributed by atoms with van der Waals surface area (Å²) in [7, 11) is 1.09. The van der Waals surface area contributed by atoms with Crippen molar-refractivity contribution in [1.82, 2.24) is 4.90 Å². The van der Waals surface area contributed by atoms with E-state index in [9.17, 15) is 18.4 Å². The second-order valence-corrected chi connectivity index (χ2v) is 6.44. The average Bonchev–Trinajstić information content (AvgIpc) is 2.59. The predicted octanol–water partition coefficient (Wildman–Crippen LogP) is 2.80. The molecule has 1 heterocycles. The third-order valence-corrected chi connectivity index (χ3v) is 3.33. The molecule has 5 nitrogen and oxygen atoms in total. The number of hydrogen-bond acceptors (Lipinski definition) is 4. The number of nitrogens with zero attached hydrogens (tertiary/aromatic N) is 1. The van der Waals surface area contributed by atoms with Crippen LogP contribution in [0.1, 0.15) is 33.6 Å². The van der Waals surface area contributed by atoms with Crippen LogP contribution in [0.15, 0.2) is 0 Å². The van der Waals surface area contributed by atoms with Crippen molar-refractivity contribution >= 4 is 23.7 Å². The van der Waals surface area contributed by atoms with Crippen LogP contribution in [0.3, 0.4) is 0 Å². The Morgan fingerprint density at radius 2 is 1.90 bits per heavy atom. The van der Waals surface area contributed by atoms with Gasteiger partial charge in [0.25, 0.3) is 5.92 Å². The van der Waals surface area contributed by atoms with E-state index in [1.54, 1.807) is 20.8 Å². The fourth-order valence-corrected chi connectivity index (χ4v) is 2.68. The van der Waals surface area contributed by atoms with Crippen molar-refractivity contribution in [3.63, 3.8) is 0 Å². The number of likely N-dealkylation sites (tertiary alicyclic amines) is 1. The van der Waals surface area contributed by atoms with Crippen molar-refractivity contribution < 1.29 is 27.8 Å². The van der Waals surface area contributed by atoms with Gasteiger partial charge in [-0.2, -0.15) is 0 Å². The first kappa shape index (κ1) is 17.9. The lowest BCUT2D eigenvalue weighted by Gasteiger charge is -2.35. The second kappa shape index (κ2) is 5.94. The van der Waals surface area contributed by atoms with Gasteiger partial charge in [0.1, 0.15) is 5.60 Å². The first-order chi connectivity index (χ1) is 9.47. The number of esters is 1. The molecular formula is C13H20ClF2NO4. The lowest BCUT2D eigenvalue weighted by Crippen LogP contribution is -2.55. The van der Waals surface area contributed by atoms with Gasteiger partial charge < -0.3 is 9.47 Å². The number of ether oxygens (including phenoxy) is 2. The SMILES string of the molecule is COC(=O)C1(CCCl)CC(F)(F)CN1C(=O)OC(C)(C)C. The maximum Gasteiger partial charge on any atom is 0.411 e. The van der Waals surface area contributed by atoms with Crippen LogP contribution in [-0.4, -0.2) is 53.6 Å². The Bertz CT molecular complexity index is 425. The molecule has 1 aliphatic heterocycles. The van der Waals surface area contributed by atoms with Crippen molar-refractivity contribution in [3.05, 3.63) is 0 Å². The minimum atomic E-state index is -3.20. The molecule has 1 fully saturated rings. The normalized spacial score (nSPS) is 24.8. The third kappa shape index (κ3) is 3.96. The Balaban J connectivity index is 3.17. The van der Waals surface area contributed by atoms with Gasteiger partial charge in [-0.15, -0.1) is 11.6 Å².